The molecular formula is C9H4BrClF3NO2. The molecule has 0 aliphatic carbocycles. The molecule has 0 aromatic heterocycles. The van der Waals surface area contributed by atoms with Crippen molar-refractivity contribution in [1.29, 1.82) is 0 Å². The van der Waals surface area contributed by atoms with Crippen molar-refractivity contribution in [3.05, 3.63) is 23.2 Å². The van der Waals surface area contributed by atoms with Gasteiger partial charge in [0.1, 0.15) is 5.75 Å². The Bertz CT molecular complexity index is 464. The molecule has 0 amide bonds. The van der Waals surface area contributed by atoms with Gasteiger partial charge in [0.05, 0.1) is 10.7 Å². The highest BCUT2D eigenvalue weighted by atomic mass is 79.9. The van der Waals surface area contributed by atoms with Crippen LogP contribution in [0.25, 0.3) is 0 Å². The average molecular weight is 330 g/mol. The summed E-state index contributed by atoms with van der Waals surface area (Å²) in [5.74, 6) is -0.379. The van der Waals surface area contributed by atoms with E-state index in [0.717, 1.165) is 12.1 Å². The van der Waals surface area contributed by atoms with Crippen molar-refractivity contribution < 1.29 is 22.7 Å². The quantitative estimate of drug-likeness (QED) is 0.476. The van der Waals surface area contributed by atoms with Crippen LogP contribution in [0.3, 0.4) is 0 Å². The zero-order chi connectivity index (χ0) is 13.1. The lowest BCUT2D eigenvalue weighted by Crippen LogP contribution is -2.32. The Kier molecular flexibility index (Phi) is 4.56. The molecule has 0 heterocycles. The molecule has 0 aliphatic rings. The van der Waals surface area contributed by atoms with Crippen molar-refractivity contribution in [2.75, 3.05) is 0 Å². The summed E-state index contributed by atoms with van der Waals surface area (Å²) in [5, 5.41) is -2.61. The van der Waals surface area contributed by atoms with Crippen LogP contribution in [-0.4, -0.2) is 17.3 Å². The Labute approximate surface area is 107 Å². The van der Waals surface area contributed by atoms with Gasteiger partial charge in [-0.1, -0.05) is 11.6 Å². The van der Waals surface area contributed by atoms with Gasteiger partial charge in [0.25, 0.3) is 5.08 Å². The second-order valence-electron chi connectivity index (χ2n) is 2.78. The van der Waals surface area contributed by atoms with Gasteiger partial charge in [-0.25, -0.2) is 9.18 Å². The molecule has 0 bridgehead atoms. The van der Waals surface area contributed by atoms with E-state index in [1.807, 2.05) is 0 Å². The first-order valence-electron chi connectivity index (χ1n) is 4.09. The summed E-state index contributed by atoms with van der Waals surface area (Å²) >= 11 is 7.67. The Balaban J connectivity index is 3.01. The lowest BCUT2D eigenvalue weighted by molar-refractivity contribution is -0.195. The van der Waals surface area contributed by atoms with Crippen LogP contribution in [0.5, 0.6) is 5.75 Å². The van der Waals surface area contributed by atoms with Gasteiger partial charge in [-0.15, -0.1) is 0 Å². The molecule has 1 aromatic rings. The van der Waals surface area contributed by atoms with Crippen LogP contribution in [0, 0.1) is 0 Å². The fraction of sp³-hybridized carbons (Fsp3) is 0.222. The molecule has 0 fully saturated rings. The number of hydrogen-bond acceptors (Lipinski definition) is 3. The first-order valence-corrected chi connectivity index (χ1v) is 5.38. The molecule has 1 atom stereocenters. The van der Waals surface area contributed by atoms with Crippen LogP contribution in [-0.2, 0) is 4.79 Å². The van der Waals surface area contributed by atoms with Crippen LogP contribution >= 0.6 is 27.5 Å². The van der Waals surface area contributed by atoms with Crippen LogP contribution in [0.15, 0.2) is 23.2 Å². The van der Waals surface area contributed by atoms with Crippen LogP contribution in [0.1, 0.15) is 0 Å². The van der Waals surface area contributed by atoms with E-state index in [9.17, 15) is 18.0 Å². The third-order valence-electron chi connectivity index (χ3n) is 1.59. The fourth-order valence-corrected chi connectivity index (χ4v) is 1.15. The van der Waals surface area contributed by atoms with Gasteiger partial charge in [0.2, 0.25) is 6.08 Å². The Morgan fingerprint density at radius 3 is 2.71 bits per heavy atom. The van der Waals surface area contributed by atoms with Crippen molar-refractivity contribution in [3.8, 4) is 5.75 Å². The molecule has 1 rings (SSSR count). The fourth-order valence-electron chi connectivity index (χ4n) is 0.892. The molecule has 1 aromatic carbocycles. The van der Waals surface area contributed by atoms with Crippen molar-refractivity contribution in [2.24, 2.45) is 4.99 Å². The molecule has 0 radical (unpaired) electrons. The van der Waals surface area contributed by atoms with Gasteiger partial charge in [0.15, 0.2) is 0 Å². The molecule has 17 heavy (non-hydrogen) atoms. The van der Waals surface area contributed by atoms with Gasteiger partial charge < -0.3 is 4.74 Å². The number of benzene rings is 1. The van der Waals surface area contributed by atoms with E-state index < -0.39 is 11.2 Å². The van der Waals surface area contributed by atoms with E-state index in [-0.39, 0.29) is 16.5 Å². The van der Waals surface area contributed by atoms with Crippen LogP contribution in [0.2, 0.25) is 5.02 Å². The van der Waals surface area contributed by atoms with Gasteiger partial charge in [-0.3, -0.25) is 0 Å². The Morgan fingerprint density at radius 2 is 2.18 bits per heavy atom. The second kappa shape index (κ2) is 5.53. The van der Waals surface area contributed by atoms with E-state index in [1.54, 1.807) is 0 Å². The van der Waals surface area contributed by atoms with Crippen LogP contribution < -0.4 is 4.74 Å². The average Bonchev–Trinajstić information content (AvgIpc) is 2.23. The largest absolute Gasteiger partial charge is 0.440 e. The molecule has 92 valence electrons. The van der Waals surface area contributed by atoms with Crippen molar-refractivity contribution >= 4 is 39.3 Å². The number of carbonyl (C=O) groups excluding carboxylic acids is 1. The SMILES string of the molecule is O=C=Nc1cc(OC(F)(F)C(F)Br)ccc1Cl. The minimum absolute atomic E-state index is 0.0552. The van der Waals surface area contributed by atoms with E-state index >= 15 is 0 Å². The first-order chi connectivity index (χ1) is 7.86. The first kappa shape index (κ1) is 14.0. The van der Waals surface area contributed by atoms with Crippen LogP contribution in [0.4, 0.5) is 18.9 Å². The van der Waals surface area contributed by atoms with Gasteiger partial charge >= 0.3 is 6.11 Å². The number of alkyl halides is 4. The molecule has 0 saturated heterocycles. The Morgan fingerprint density at radius 1 is 1.53 bits per heavy atom. The maximum atomic E-state index is 12.9. The number of nitrogens with zero attached hydrogens (tertiary/aromatic N) is 1. The predicted molar refractivity (Wildman–Crippen MR) is 58.6 cm³/mol. The topological polar surface area (TPSA) is 38.7 Å². The zero-order valence-corrected chi connectivity index (χ0v) is 10.3. The maximum absolute atomic E-state index is 12.9. The smallest absolute Gasteiger partial charge is 0.430 e. The standard InChI is InChI=1S/C9H4BrClF3NO2/c10-8(12)9(13,14)17-5-1-2-6(11)7(3-5)15-4-16/h1-3,8H. The van der Waals surface area contributed by atoms with Crippen molar-refractivity contribution in [3.63, 3.8) is 0 Å². The maximum Gasteiger partial charge on any atom is 0.440 e. The summed E-state index contributed by atoms with van der Waals surface area (Å²) < 4.78 is 42.3. The number of rotatable bonds is 4. The summed E-state index contributed by atoms with van der Waals surface area (Å²) in [7, 11) is 0. The lowest BCUT2D eigenvalue weighted by Gasteiger charge is -2.18. The molecule has 0 spiro atoms. The summed E-state index contributed by atoms with van der Waals surface area (Å²) in [6, 6.07) is 3.25. The highest BCUT2D eigenvalue weighted by Crippen LogP contribution is 2.34. The van der Waals surface area contributed by atoms with Gasteiger partial charge in [-0.2, -0.15) is 13.8 Å². The summed E-state index contributed by atoms with van der Waals surface area (Å²) in [6.45, 7) is 0. The highest BCUT2D eigenvalue weighted by molar-refractivity contribution is 9.09. The third kappa shape index (κ3) is 3.73. The summed E-state index contributed by atoms with van der Waals surface area (Å²) in [6.07, 6.45) is -2.84. The van der Waals surface area contributed by atoms with Crippen molar-refractivity contribution in [1.82, 2.24) is 0 Å². The summed E-state index contributed by atoms with van der Waals surface area (Å²) in [4.78, 5) is 13.2. The molecule has 0 saturated carbocycles. The minimum Gasteiger partial charge on any atom is -0.430 e. The molecule has 0 N–H and O–H groups in total. The van der Waals surface area contributed by atoms with E-state index in [4.69, 9.17) is 11.6 Å². The predicted octanol–water partition coefficient (Wildman–Crippen LogP) is 3.97. The molecule has 3 nitrogen and oxygen atoms in total. The van der Waals surface area contributed by atoms with E-state index in [0.29, 0.717) is 0 Å². The number of isocyanates is 1. The lowest BCUT2D eigenvalue weighted by atomic mass is 10.3. The van der Waals surface area contributed by atoms with E-state index in [1.165, 1.54) is 12.1 Å². The molecular weight excluding hydrogens is 326 g/mol. The Hall–Kier alpha value is -1.04. The van der Waals surface area contributed by atoms with Crippen molar-refractivity contribution in [2.45, 2.75) is 11.2 Å². The monoisotopic (exact) mass is 329 g/mol. The normalized spacial score (nSPS) is 12.8. The highest BCUT2D eigenvalue weighted by Gasteiger charge is 2.41. The van der Waals surface area contributed by atoms with Gasteiger partial charge in [-0.05, 0) is 28.1 Å². The number of ether oxygens (including phenoxy) is 1. The van der Waals surface area contributed by atoms with Gasteiger partial charge in [0, 0.05) is 6.07 Å². The number of aliphatic imine (C=N–C) groups is 1. The molecule has 1 unspecified atom stereocenters. The molecule has 0 aliphatic heterocycles. The minimum atomic E-state index is -4.05. The third-order valence-corrected chi connectivity index (χ3v) is 2.44. The second-order valence-corrected chi connectivity index (χ2v) is 3.99. The zero-order valence-electron chi connectivity index (χ0n) is 7.96. The number of hydrogen-bond donors (Lipinski definition) is 0. The summed E-state index contributed by atoms with van der Waals surface area (Å²) in [5.41, 5.74) is -0.0973. The molecule has 8 heteroatoms. The number of halogens is 5. The van der Waals surface area contributed by atoms with E-state index in [2.05, 4.69) is 25.7 Å².